The average Bonchev–Trinajstić information content (AvgIpc) is 3.21. The Balaban J connectivity index is 2.45. The van der Waals surface area contributed by atoms with E-state index in [2.05, 4.69) is 13.8 Å². The van der Waals surface area contributed by atoms with Gasteiger partial charge in [-0.3, -0.25) is 9.35 Å². The van der Waals surface area contributed by atoms with Crippen molar-refractivity contribution in [2.75, 3.05) is 19.0 Å². The molecule has 0 aromatic carbocycles. The summed E-state index contributed by atoms with van der Waals surface area (Å²) in [5.74, 6) is -2.24. The zero-order valence-corrected chi connectivity index (χ0v) is 38.4. The lowest BCUT2D eigenvalue weighted by atomic mass is 10.00. The van der Waals surface area contributed by atoms with Crippen LogP contribution >= 0.6 is 0 Å². The van der Waals surface area contributed by atoms with Crippen LogP contribution in [0.1, 0.15) is 206 Å². The van der Waals surface area contributed by atoms with Crippen LogP contribution < -0.4 is 0 Å². The first-order chi connectivity index (χ1) is 29.0. The third kappa shape index (κ3) is 31.9. The minimum atomic E-state index is -4.61. The van der Waals surface area contributed by atoms with Crippen molar-refractivity contribution in [3.8, 4) is 0 Å². The first-order valence-corrected chi connectivity index (χ1v) is 25.5. The topological polar surface area (TPSA) is 186 Å². The molecule has 12 nitrogen and oxygen atoms in total. The highest BCUT2D eigenvalue weighted by Crippen LogP contribution is 2.24. The number of allylic oxidation sites excluding steroid dienone is 3. The van der Waals surface area contributed by atoms with Crippen LogP contribution in [0.15, 0.2) is 24.3 Å². The van der Waals surface area contributed by atoms with E-state index in [0.29, 0.717) is 6.42 Å². The molecule has 1 heterocycles. The van der Waals surface area contributed by atoms with E-state index >= 15 is 0 Å². The molecule has 1 fully saturated rings. The van der Waals surface area contributed by atoms with Gasteiger partial charge in [0.1, 0.15) is 36.8 Å². The molecule has 0 spiro atoms. The highest BCUT2D eigenvalue weighted by molar-refractivity contribution is 7.85. The van der Waals surface area contributed by atoms with Gasteiger partial charge in [-0.2, -0.15) is 8.42 Å². The monoisotopic (exact) mass is 875 g/mol. The van der Waals surface area contributed by atoms with E-state index in [1.807, 2.05) is 6.08 Å². The molecule has 352 valence electrons. The highest BCUT2D eigenvalue weighted by atomic mass is 32.2. The van der Waals surface area contributed by atoms with Gasteiger partial charge in [0.15, 0.2) is 12.4 Å². The van der Waals surface area contributed by atoms with E-state index in [4.69, 9.17) is 18.9 Å². The Morgan fingerprint density at radius 2 is 1.05 bits per heavy atom. The molecule has 60 heavy (non-hydrogen) atoms. The Hall–Kier alpha value is -1.87. The van der Waals surface area contributed by atoms with Gasteiger partial charge in [0.25, 0.3) is 10.1 Å². The first kappa shape index (κ1) is 56.1. The zero-order valence-electron chi connectivity index (χ0n) is 37.6. The summed E-state index contributed by atoms with van der Waals surface area (Å²) >= 11 is 0. The summed E-state index contributed by atoms with van der Waals surface area (Å²) in [5.41, 5.74) is 0. The smallest absolute Gasteiger partial charge is 0.331 e. The lowest BCUT2D eigenvalue weighted by molar-refractivity contribution is -0.297. The van der Waals surface area contributed by atoms with Crippen molar-refractivity contribution in [3.05, 3.63) is 24.3 Å². The molecule has 1 rings (SSSR count). The van der Waals surface area contributed by atoms with E-state index in [1.54, 1.807) is 12.2 Å². The molecule has 0 aromatic rings. The van der Waals surface area contributed by atoms with Crippen molar-refractivity contribution >= 4 is 22.1 Å². The maximum Gasteiger partial charge on any atom is 0.331 e. The number of hydrogen-bond donors (Lipinski definition) is 4. The standard InChI is InChI=1S/C47H86O12S/c1-3-5-7-9-11-13-15-17-19-20-22-23-25-27-29-31-33-35-42(48)56-37-40(38-57-47-46(52)45(51)44(50)41(59-47)39-60(53,54)55)58-43(49)36-34-32-30-28-26-24-21-18-16-14-12-10-8-6-4-2/h30,32,34,36,40-41,44-47,50-52H,3-29,31,33,35,37-39H2,1-2H3,(H,53,54,55)/b32-30+,36-34+/t40-,41-,44-,45?,46?,47+/m1/s1. The molecule has 6 atom stereocenters. The van der Waals surface area contributed by atoms with E-state index < -0.39 is 71.2 Å². The fourth-order valence-corrected chi connectivity index (χ4v) is 8.10. The fourth-order valence-electron chi connectivity index (χ4n) is 7.41. The van der Waals surface area contributed by atoms with Crippen LogP contribution in [0.4, 0.5) is 0 Å². The number of ether oxygens (including phenoxy) is 4. The summed E-state index contributed by atoms with van der Waals surface area (Å²) in [7, 11) is -4.61. The fraction of sp³-hybridized carbons (Fsp3) is 0.872. The number of unbranched alkanes of at least 4 members (excludes halogenated alkanes) is 27. The minimum Gasteiger partial charge on any atom is -0.462 e. The van der Waals surface area contributed by atoms with Crippen LogP contribution in [-0.4, -0.2) is 96.0 Å². The van der Waals surface area contributed by atoms with Gasteiger partial charge < -0.3 is 34.3 Å². The van der Waals surface area contributed by atoms with Gasteiger partial charge in [-0.25, -0.2) is 4.79 Å². The second kappa shape index (κ2) is 37.7. The van der Waals surface area contributed by atoms with Crippen LogP contribution in [0.2, 0.25) is 0 Å². The summed E-state index contributed by atoms with van der Waals surface area (Å²) in [6.45, 7) is 3.68. The molecule has 13 heteroatoms. The maximum absolute atomic E-state index is 12.7. The molecule has 2 unspecified atom stereocenters. The van der Waals surface area contributed by atoms with Crippen molar-refractivity contribution in [2.45, 2.75) is 243 Å². The summed E-state index contributed by atoms with van der Waals surface area (Å²) < 4.78 is 53.9. The van der Waals surface area contributed by atoms with Gasteiger partial charge >= 0.3 is 11.9 Å². The predicted octanol–water partition coefficient (Wildman–Crippen LogP) is 10.0. The Kier molecular flexibility index (Phi) is 35.2. The van der Waals surface area contributed by atoms with Gasteiger partial charge in [-0.05, 0) is 19.3 Å². The van der Waals surface area contributed by atoms with E-state index in [-0.39, 0.29) is 13.0 Å². The molecular weight excluding hydrogens is 789 g/mol. The SMILES string of the molecule is CCCCCCCCCCCCC/C=C/C=C/C(=O)O[C@H](COC(=O)CCCCCCCCCCCCCCCCCCC)CO[C@H]1O[C@H](CS(=O)(=O)O)[C@@H](O)C(O)C1O. The number of aliphatic hydroxyl groups excluding tert-OH is 3. The van der Waals surface area contributed by atoms with Crippen molar-refractivity contribution < 1.29 is 56.8 Å². The summed E-state index contributed by atoms with van der Waals surface area (Å²) in [4.78, 5) is 25.3. The van der Waals surface area contributed by atoms with E-state index in [0.717, 1.165) is 38.5 Å². The van der Waals surface area contributed by atoms with Crippen LogP contribution in [0.5, 0.6) is 0 Å². The van der Waals surface area contributed by atoms with Gasteiger partial charge in [0.2, 0.25) is 0 Å². The van der Waals surface area contributed by atoms with E-state index in [1.165, 1.54) is 147 Å². The molecule has 0 amide bonds. The molecule has 1 aliphatic heterocycles. The second-order valence-electron chi connectivity index (χ2n) is 16.9. The molecule has 1 saturated heterocycles. The molecule has 0 saturated carbocycles. The largest absolute Gasteiger partial charge is 0.462 e. The third-order valence-corrected chi connectivity index (χ3v) is 11.9. The van der Waals surface area contributed by atoms with Gasteiger partial charge in [-0.1, -0.05) is 199 Å². The number of rotatable bonds is 40. The van der Waals surface area contributed by atoms with Crippen LogP contribution in [0, 0.1) is 0 Å². The molecular formula is C47H86O12S. The normalized spacial score (nSPS) is 20.3. The number of hydrogen-bond acceptors (Lipinski definition) is 11. The lowest BCUT2D eigenvalue weighted by Crippen LogP contribution is -2.60. The Morgan fingerprint density at radius 3 is 1.52 bits per heavy atom. The molecule has 0 aliphatic carbocycles. The molecule has 0 radical (unpaired) electrons. The number of carbonyl (C=O) groups excluding carboxylic acids is 2. The van der Waals surface area contributed by atoms with Gasteiger partial charge in [0, 0.05) is 12.5 Å². The first-order valence-electron chi connectivity index (χ1n) is 23.9. The maximum atomic E-state index is 12.7. The molecule has 0 aromatic heterocycles. The average molecular weight is 875 g/mol. The molecule has 4 N–H and O–H groups in total. The van der Waals surface area contributed by atoms with Crippen LogP contribution in [-0.2, 0) is 38.7 Å². The van der Waals surface area contributed by atoms with Crippen molar-refractivity contribution in [1.82, 2.24) is 0 Å². The van der Waals surface area contributed by atoms with Crippen molar-refractivity contribution in [1.29, 1.82) is 0 Å². The third-order valence-electron chi connectivity index (χ3n) is 11.1. The lowest BCUT2D eigenvalue weighted by Gasteiger charge is -2.40. The van der Waals surface area contributed by atoms with Gasteiger partial charge in [-0.15, -0.1) is 0 Å². The number of carbonyl (C=O) groups is 2. The Labute approximate surface area is 364 Å². The van der Waals surface area contributed by atoms with Crippen molar-refractivity contribution in [2.24, 2.45) is 0 Å². The minimum absolute atomic E-state index is 0.204. The van der Waals surface area contributed by atoms with Crippen LogP contribution in [0.3, 0.4) is 0 Å². The summed E-state index contributed by atoms with van der Waals surface area (Å²) in [5, 5.41) is 30.9. The quantitative estimate of drug-likeness (QED) is 0.0150. The second-order valence-corrected chi connectivity index (χ2v) is 18.4. The summed E-state index contributed by atoms with van der Waals surface area (Å²) in [6.07, 6.45) is 32.8. The molecule has 0 bridgehead atoms. The van der Waals surface area contributed by atoms with Crippen LogP contribution in [0.25, 0.3) is 0 Å². The number of esters is 2. The highest BCUT2D eigenvalue weighted by Gasteiger charge is 2.46. The zero-order chi connectivity index (χ0) is 44.1. The number of aliphatic hydroxyl groups is 3. The van der Waals surface area contributed by atoms with Gasteiger partial charge in [0.05, 0.1) is 6.61 Å². The van der Waals surface area contributed by atoms with Crippen molar-refractivity contribution in [3.63, 3.8) is 0 Å². The van der Waals surface area contributed by atoms with E-state index in [9.17, 15) is 37.9 Å². The molecule has 1 aliphatic rings. The Morgan fingerprint density at radius 1 is 0.600 bits per heavy atom. The predicted molar refractivity (Wildman–Crippen MR) is 238 cm³/mol. The Bertz CT molecular complexity index is 1210. The summed E-state index contributed by atoms with van der Waals surface area (Å²) in [6, 6.07) is 0.